The highest BCUT2D eigenvalue weighted by Crippen LogP contribution is 2.40. The number of aromatic nitrogens is 1. The third-order valence-corrected chi connectivity index (χ3v) is 3.44. The van der Waals surface area contributed by atoms with Crippen LogP contribution in [0.3, 0.4) is 0 Å². The van der Waals surface area contributed by atoms with Crippen LogP contribution in [0.4, 0.5) is 0 Å². The molecule has 1 fully saturated rings. The molecule has 1 aliphatic rings. The predicted molar refractivity (Wildman–Crippen MR) is 73.6 cm³/mol. The fraction of sp³-hybridized carbons (Fsp3) is 0.250. The van der Waals surface area contributed by atoms with Crippen molar-refractivity contribution in [2.75, 3.05) is 0 Å². The van der Waals surface area contributed by atoms with Gasteiger partial charge in [0.15, 0.2) is 0 Å². The third kappa shape index (κ3) is 2.81. The lowest BCUT2D eigenvalue weighted by Gasteiger charge is -2.18. The van der Waals surface area contributed by atoms with Crippen molar-refractivity contribution in [3.8, 4) is 0 Å². The fourth-order valence-corrected chi connectivity index (χ4v) is 2.28. The molecule has 0 aliphatic heterocycles. The molecule has 0 bridgehead atoms. The zero-order chi connectivity index (χ0) is 13.1. The molecule has 1 aromatic carbocycles. The summed E-state index contributed by atoms with van der Waals surface area (Å²) in [6, 6.07) is 15.6. The molecule has 3 rings (SSSR count). The van der Waals surface area contributed by atoms with E-state index in [-0.39, 0.29) is 11.9 Å². The molecule has 0 radical (unpaired) electrons. The lowest BCUT2D eigenvalue weighted by Crippen LogP contribution is -2.30. The van der Waals surface area contributed by atoms with Gasteiger partial charge in [-0.25, -0.2) is 0 Å². The highest BCUT2D eigenvalue weighted by atomic mass is 16.1. The Labute approximate surface area is 112 Å². The van der Waals surface area contributed by atoms with Gasteiger partial charge in [-0.2, -0.15) is 0 Å². The summed E-state index contributed by atoms with van der Waals surface area (Å²) in [5.74, 6) is 0.469. The van der Waals surface area contributed by atoms with Crippen molar-refractivity contribution in [2.24, 2.45) is 5.92 Å². The van der Waals surface area contributed by atoms with E-state index in [0.29, 0.717) is 11.6 Å². The van der Waals surface area contributed by atoms with Gasteiger partial charge in [0.05, 0.1) is 6.04 Å². The van der Waals surface area contributed by atoms with Crippen LogP contribution in [-0.2, 0) is 0 Å². The summed E-state index contributed by atoms with van der Waals surface area (Å²) >= 11 is 0. The second-order valence-corrected chi connectivity index (χ2v) is 4.91. The maximum absolute atomic E-state index is 12.2. The van der Waals surface area contributed by atoms with Crippen LogP contribution in [0.1, 0.15) is 34.9 Å². The quantitative estimate of drug-likeness (QED) is 0.909. The van der Waals surface area contributed by atoms with Crippen molar-refractivity contribution in [1.29, 1.82) is 0 Å². The Morgan fingerprint density at radius 2 is 1.84 bits per heavy atom. The van der Waals surface area contributed by atoms with E-state index in [2.05, 4.69) is 22.4 Å². The van der Waals surface area contributed by atoms with E-state index < -0.39 is 0 Å². The van der Waals surface area contributed by atoms with Crippen LogP contribution in [0.15, 0.2) is 54.7 Å². The number of nitrogens with zero attached hydrogens (tertiary/aromatic N) is 1. The normalized spacial score (nSPS) is 15.8. The number of carbonyl (C=O) groups excluding carboxylic acids is 1. The third-order valence-electron chi connectivity index (χ3n) is 3.44. The van der Waals surface area contributed by atoms with Crippen LogP contribution in [0.25, 0.3) is 0 Å². The standard InChI is InChI=1S/C16H16N2O/c19-16(14-8-4-5-11-17-14)18-15(13-9-10-13)12-6-2-1-3-7-12/h1-8,11,13,15H,9-10H2,(H,18,19)/t15-/m1/s1. The molecule has 1 aliphatic carbocycles. The summed E-state index contributed by atoms with van der Waals surface area (Å²) in [5, 5.41) is 3.11. The first kappa shape index (κ1) is 11.9. The van der Waals surface area contributed by atoms with Gasteiger partial charge in [0.2, 0.25) is 0 Å². The van der Waals surface area contributed by atoms with Crippen molar-refractivity contribution >= 4 is 5.91 Å². The zero-order valence-corrected chi connectivity index (χ0v) is 10.6. The van der Waals surface area contributed by atoms with Crippen LogP contribution in [0, 0.1) is 5.92 Å². The van der Waals surface area contributed by atoms with E-state index in [1.165, 1.54) is 18.4 Å². The minimum Gasteiger partial charge on any atom is -0.344 e. The number of rotatable bonds is 4. The van der Waals surface area contributed by atoms with Crippen LogP contribution in [-0.4, -0.2) is 10.9 Å². The average Bonchev–Trinajstić information content (AvgIpc) is 3.31. The van der Waals surface area contributed by atoms with Gasteiger partial charge in [0.1, 0.15) is 5.69 Å². The number of hydrogen-bond acceptors (Lipinski definition) is 2. The van der Waals surface area contributed by atoms with Gasteiger partial charge >= 0.3 is 0 Å². The molecule has 0 saturated heterocycles. The Kier molecular flexibility index (Phi) is 3.27. The first-order chi connectivity index (χ1) is 9.34. The van der Waals surface area contributed by atoms with E-state index in [0.717, 1.165) is 0 Å². The van der Waals surface area contributed by atoms with Gasteiger partial charge < -0.3 is 5.32 Å². The van der Waals surface area contributed by atoms with Crippen molar-refractivity contribution < 1.29 is 4.79 Å². The molecule has 1 amide bonds. The van der Waals surface area contributed by atoms with Crippen molar-refractivity contribution in [3.05, 3.63) is 66.0 Å². The van der Waals surface area contributed by atoms with Gasteiger partial charge in [-0.1, -0.05) is 36.4 Å². The minimum absolute atomic E-state index is 0.0960. The van der Waals surface area contributed by atoms with Gasteiger partial charge in [-0.05, 0) is 36.5 Å². The molecular formula is C16H16N2O. The monoisotopic (exact) mass is 252 g/mol. The summed E-state index contributed by atoms with van der Waals surface area (Å²) < 4.78 is 0. The first-order valence-corrected chi connectivity index (χ1v) is 6.61. The first-order valence-electron chi connectivity index (χ1n) is 6.61. The highest BCUT2D eigenvalue weighted by molar-refractivity contribution is 5.92. The van der Waals surface area contributed by atoms with Gasteiger partial charge in [-0.3, -0.25) is 9.78 Å². The highest BCUT2D eigenvalue weighted by Gasteiger charge is 2.33. The van der Waals surface area contributed by atoms with Crippen molar-refractivity contribution in [2.45, 2.75) is 18.9 Å². The van der Waals surface area contributed by atoms with Crippen LogP contribution in [0.5, 0.6) is 0 Å². The molecule has 96 valence electrons. The van der Waals surface area contributed by atoms with Crippen LogP contribution in [0.2, 0.25) is 0 Å². The number of nitrogens with one attached hydrogen (secondary N) is 1. The summed E-state index contributed by atoms with van der Waals surface area (Å²) in [5.41, 5.74) is 1.65. The fourth-order valence-electron chi connectivity index (χ4n) is 2.28. The summed E-state index contributed by atoms with van der Waals surface area (Å²) in [7, 11) is 0. The summed E-state index contributed by atoms with van der Waals surface area (Å²) in [6.07, 6.45) is 4.01. The Morgan fingerprint density at radius 1 is 1.11 bits per heavy atom. The van der Waals surface area contributed by atoms with Crippen LogP contribution < -0.4 is 5.32 Å². The van der Waals surface area contributed by atoms with Crippen LogP contribution >= 0.6 is 0 Å². The Morgan fingerprint density at radius 3 is 2.47 bits per heavy atom. The van der Waals surface area contributed by atoms with E-state index in [4.69, 9.17) is 0 Å². The molecule has 19 heavy (non-hydrogen) atoms. The minimum atomic E-state index is -0.0960. The maximum Gasteiger partial charge on any atom is 0.270 e. The lowest BCUT2D eigenvalue weighted by molar-refractivity contribution is 0.0926. The molecule has 3 heteroatoms. The second kappa shape index (κ2) is 5.22. The molecule has 2 aromatic rings. The van der Waals surface area contributed by atoms with Gasteiger partial charge in [0.25, 0.3) is 5.91 Å². The van der Waals surface area contributed by atoms with Gasteiger partial charge in [-0.15, -0.1) is 0 Å². The number of carbonyl (C=O) groups is 1. The van der Waals surface area contributed by atoms with Crippen molar-refractivity contribution in [3.63, 3.8) is 0 Å². The molecule has 1 N–H and O–H groups in total. The SMILES string of the molecule is O=C(N[C@H](c1ccccc1)C1CC1)c1ccccn1. The smallest absolute Gasteiger partial charge is 0.270 e. The number of hydrogen-bond donors (Lipinski definition) is 1. The maximum atomic E-state index is 12.2. The average molecular weight is 252 g/mol. The molecule has 1 heterocycles. The molecule has 0 unspecified atom stereocenters. The van der Waals surface area contributed by atoms with Gasteiger partial charge in [0, 0.05) is 6.20 Å². The predicted octanol–water partition coefficient (Wildman–Crippen LogP) is 2.96. The van der Waals surface area contributed by atoms with E-state index in [1.54, 1.807) is 12.3 Å². The molecular weight excluding hydrogens is 236 g/mol. The van der Waals surface area contributed by atoms with E-state index in [1.807, 2.05) is 30.3 Å². The summed E-state index contributed by atoms with van der Waals surface area (Å²) in [6.45, 7) is 0. The van der Waals surface area contributed by atoms with Crippen molar-refractivity contribution in [1.82, 2.24) is 10.3 Å². The molecule has 1 atom stereocenters. The second-order valence-electron chi connectivity index (χ2n) is 4.91. The zero-order valence-electron chi connectivity index (χ0n) is 10.6. The Bertz CT molecular complexity index is 549. The molecule has 1 saturated carbocycles. The van der Waals surface area contributed by atoms with E-state index >= 15 is 0 Å². The Hall–Kier alpha value is -2.16. The largest absolute Gasteiger partial charge is 0.344 e. The molecule has 1 aromatic heterocycles. The van der Waals surface area contributed by atoms with E-state index in [9.17, 15) is 4.79 Å². The topological polar surface area (TPSA) is 42.0 Å². The number of pyridine rings is 1. The molecule has 0 spiro atoms. The molecule has 3 nitrogen and oxygen atoms in total. The Balaban J connectivity index is 1.78. The number of benzene rings is 1. The lowest BCUT2D eigenvalue weighted by atomic mass is 10.0. The summed E-state index contributed by atoms with van der Waals surface area (Å²) in [4.78, 5) is 16.3. The number of amides is 1.